The lowest BCUT2D eigenvalue weighted by Crippen LogP contribution is -2.14. The van der Waals surface area contributed by atoms with Crippen molar-refractivity contribution in [3.8, 4) is 0 Å². The molecule has 0 unspecified atom stereocenters. The van der Waals surface area contributed by atoms with Gasteiger partial charge in [0.25, 0.3) is 0 Å². The Balaban J connectivity index is 2.49. The molecule has 4 heteroatoms. The Morgan fingerprint density at radius 1 is 1.44 bits per heavy atom. The van der Waals surface area contributed by atoms with Crippen LogP contribution in [-0.2, 0) is 6.42 Å². The average Bonchev–Trinajstić information content (AvgIpc) is 2.71. The molecule has 0 saturated carbocycles. The monoisotopic (exact) mass is 267 g/mol. The molecule has 0 atom stereocenters. The van der Waals surface area contributed by atoms with Crippen LogP contribution in [0.3, 0.4) is 0 Å². The van der Waals surface area contributed by atoms with Crippen LogP contribution in [0, 0.1) is 6.92 Å². The second kappa shape index (κ2) is 7.21. The van der Waals surface area contributed by atoms with Gasteiger partial charge in [0.15, 0.2) is 0 Å². The third kappa shape index (κ3) is 4.18. The van der Waals surface area contributed by atoms with Gasteiger partial charge in [-0.2, -0.15) is 0 Å². The highest BCUT2D eigenvalue weighted by Crippen LogP contribution is 2.23. The van der Waals surface area contributed by atoms with Gasteiger partial charge < -0.3 is 10.0 Å². The van der Waals surface area contributed by atoms with Gasteiger partial charge in [-0.3, -0.25) is 0 Å². The van der Waals surface area contributed by atoms with E-state index in [1.807, 2.05) is 13.0 Å². The number of thiophene rings is 1. The predicted octanol–water partition coefficient (Wildman–Crippen LogP) is 3.54. The fourth-order valence-corrected chi connectivity index (χ4v) is 2.79. The lowest BCUT2D eigenvalue weighted by atomic mass is 10.2. The van der Waals surface area contributed by atoms with E-state index in [0.29, 0.717) is 4.88 Å². The normalized spacial score (nSPS) is 11.1. The fourth-order valence-electron chi connectivity index (χ4n) is 1.77. The maximum absolute atomic E-state index is 10.9. The molecule has 3 nitrogen and oxygen atoms in total. The highest BCUT2D eigenvalue weighted by atomic mass is 32.1. The van der Waals surface area contributed by atoms with Gasteiger partial charge >= 0.3 is 5.97 Å². The van der Waals surface area contributed by atoms with Crippen LogP contribution in [0.4, 0.5) is 0 Å². The summed E-state index contributed by atoms with van der Waals surface area (Å²) in [4.78, 5) is 14.8. The summed E-state index contributed by atoms with van der Waals surface area (Å²) in [5.41, 5.74) is 0.871. The number of aryl methyl sites for hydroxylation is 2. The molecule has 0 aliphatic rings. The molecule has 100 valence electrons. The molecule has 1 rings (SSSR count). The molecule has 0 spiro atoms. The molecule has 0 saturated heterocycles. The minimum atomic E-state index is -0.817. The summed E-state index contributed by atoms with van der Waals surface area (Å²) in [7, 11) is 0. The van der Waals surface area contributed by atoms with Gasteiger partial charge in [-0.25, -0.2) is 4.79 Å². The van der Waals surface area contributed by atoms with Gasteiger partial charge in [0.05, 0.1) is 0 Å². The van der Waals surface area contributed by atoms with Crippen LogP contribution in [0.2, 0.25) is 0 Å². The molecule has 0 aliphatic carbocycles. The van der Waals surface area contributed by atoms with E-state index >= 15 is 0 Å². The minimum Gasteiger partial charge on any atom is -0.477 e. The van der Waals surface area contributed by atoms with E-state index in [-0.39, 0.29) is 0 Å². The van der Waals surface area contributed by atoms with E-state index in [2.05, 4.69) is 31.0 Å². The van der Waals surface area contributed by atoms with Crippen molar-refractivity contribution in [1.82, 2.24) is 4.90 Å². The van der Waals surface area contributed by atoms with Gasteiger partial charge in [0.2, 0.25) is 0 Å². The van der Waals surface area contributed by atoms with Crippen molar-refractivity contribution in [1.29, 1.82) is 0 Å². The van der Waals surface area contributed by atoms with E-state index in [0.717, 1.165) is 36.4 Å². The first kappa shape index (κ1) is 14.8. The van der Waals surface area contributed by atoms with Gasteiger partial charge in [-0.05, 0) is 51.4 Å². The molecule has 1 aromatic rings. The summed E-state index contributed by atoms with van der Waals surface area (Å²) in [5, 5.41) is 8.98. The lowest BCUT2D eigenvalue weighted by Gasteiger charge is -2.14. The first-order valence-electron chi connectivity index (χ1n) is 6.31. The summed E-state index contributed by atoms with van der Waals surface area (Å²) >= 11 is 1.39. The molecule has 1 heterocycles. The Labute approximate surface area is 113 Å². The summed E-state index contributed by atoms with van der Waals surface area (Å²) < 4.78 is 0. The third-order valence-corrected chi connectivity index (χ3v) is 4.13. The number of carboxylic acid groups (broad SMARTS) is 1. The van der Waals surface area contributed by atoms with Crippen LogP contribution in [-0.4, -0.2) is 29.1 Å². The van der Waals surface area contributed by atoms with Crippen molar-refractivity contribution in [3.05, 3.63) is 33.7 Å². The quantitative estimate of drug-likeness (QED) is 0.821. The number of rotatable bonds is 7. The molecule has 0 aliphatic heterocycles. The molecule has 1 aromatic heterocycles. The van der Waals surface area contributed by atoms with Crippen LogP contribution in [0.1, 0.15) is 40.4 Å². The van der Waals surface area contributed by atoms with Crippen LogP contribution >= 0.6 is 11.3 Å². The molecule has 18 heavy (non-hydrogen) atoms. The van der Waals surface area contributed by atoms with Crippen LogP contribution in [0.25, 0.3) is 0 Å². The third-order valence-electron chi connectivity index (χ3n) is 2.85. The van der Waals surface area contributed by atoms with Crippen molar-refractivity contribution in [3.63, 3.8) is 0 Å². The number of carbonyl (C=O) groups is 1. The van der Waals surface area contributed by atoms with E-state index in [9.17, 15) is 4.79 Å². The predicted molar refractivity (Wildman–Crippen MR) is 76.4 cm³/mol. The standard InChI is InChI=1S/C14H21NO2S/c1-4-15(5-2)9-7-6-8-12-10-11(3)13(18-12)14(16)17/h7,9-10H,4-6,8H2,1-3H3,(H,16,17). The molecule has 1 N–H and O–H groups in total. The van der Waals surface area contributed by atoms with Crippen molar-refractivity contribution < 1.29 is 9.90 Å². The Bertz CT molecular complexity index is 419. The maximum Gasteiger partial charge on any atom is 0.346 e. The second-order valence-corrected chi connectivity index (χ2v) is 5.31. The number of carboxylic acids is 1. The summed E-state index contributed by atoms with van der Waals surface area (Å²) in [6.45, 7) is 8.17. The zero-order valence-corrected chi connectivity index (χ0v) is 12.1. The Hall–Kier alpha value is -1.29. The van der Waals surface area contributed by atoms with Gasteiger partial charge in [-0.15, -0.1) is 11.3 Å². The first-order valence-corrected chi connectivity index (χ1v) is 7.13. The van der Waals surface area contributed by atoms with Gasteiger partial charge in [0.1, 0.15) is 4.88 Å². The smallest absolute Gasteiger partial charge is 0.346 e. The first-order chi connectivity index (χ1) is 8.58. The van der Waals surface area contributed by atoms with Crippen molar-refractivity contribution in [2.75, 3.05) is 13.1 Å². The number of hydrogen-bond acceptors (Lipinski definition) is 3. The summed E-state index contributed by atoms with van der Waals surface area (Å²) in [5.74, 6) is -0.817. The topological polar surface area (TPSA) is 40.5 Å². The number of allylic oxidation sites excluding steroid dienone is 1. The molecule has 0 fully saturated rings. The van der Waals surface area contributed by atoms with Crippen LogP contribution in [0.15, 0.2) is 18.3 Å². The van der Waals surface area contributed by atoms with Crippen LogP contribution < -0.4 is 0 Å². The number of aromatic carboxylic acids is 1. The molecular weight excluding hydrogens is 246 g/mol. The minimum absolute atomic E-state index is 0.470. The van der Waals surface area contributed by atoms with Gasteiger partial charge in [-0.1, -0.05) is 6.08 Å². The number of nitrogens with zero attached hydrogens (tertiary/aromatic N) is 1. The van der Waals surface area contributed by atoms with E-state index in [4.69, 9.17) is 5.11 Å². The molecular formula is C14H21NO2S. The SMILES string of the molecule is CCN(C=CCCc1cc(C)c(C(=O)O)s1)CC. The van der Waals surface area contributed by atoms with Crippen molar-refractivity contribution in [2.45, 2.75) is 33.6 Å². The largest absolute Gasteiger partial charge is 0.477 e. The molecule has 0 aromatic carbocycles. The maximum atomic E-state index is 10.9. The Morgan fingerprint density at radius 2 is 2.11 bits per heavy atom. The number of hydrogen-bond donors (Lipinski definition) is 1. The van der Waals surface area contributed by atoms with Gasteiger partial charge in [0, 0.05) is 18.0 Å². The second-order valence-electron chi connectivity index (χ2n) is 4.17. The van der Waals surface area contributed by atoms with Crippen molar-refractivity contribution in [2.24, 2.45) is 0 Å². The zero-order valence-electron chi connectivity index (χ0n) is 11.3. The zero-order chi connectivity index (χ0) is 13.5. The fraction of sp³-hybridized carbons (Fsp3) is 0.500. The molecule has 0 radical (unpaired) electrons. The molecule has 0 amide bonds. The van der Waals surface area contributed by atoms with Crippen LogP contribution in [0.5, 0.6) is 0 Å². The van der Waals surface area contributed by atoms with E-state index in [1.54, 1.807) is 0 Å². The van der Waals surface area contributed by atoms with Crippen molar-refractivity contribution >= 4 is 17.3 Å². The highest BCUT2D eigenvalue weighted by molar-refractivity contribution is 7.14. The highest BCUT2D eigenvalue weighted by Gasteiger charge is 2.11. The summed E-state index contributed by atoms with van der Waals surface area (Å²) in [6, 6.07) is 1.99. The Kier molecular flexibility index (Phi) is 5.92. The Morgan fingerprint density at radius 3 is 2.61 bits per heavy atom. The summed E-state index contributed by atoms with van der Waals surface area (Å²) in [6.07, 6.45) is 6.15. The molecule has 0 bridgehead atoms. The van der Waals surface area contributed by atoms with E-state index in [1.165, 1.54) is 11.3 Å². The average molecular weight is 267 g/mol. The lowest BCUT2D eigenvalue weighted by molar-refractivity contribution is 0.0701. The van der Waals surface area contributed by atoms with E-state index < -0.39 is 5.97 Å².